The molecule has 21 heavy (non-hydrogen) atoms. The average Bonchev–Trinajstić information content (AvgIpc) is 2.86. The van der Waals surface area contributed by atoms with Crippen LogP contribution in [0.4, 0.5) is 0 Å². The second-order valence-electron chi connectivity index (χ2n) is 5.39. The van der Waals surface area contributed by atoms with E-state index in [-0.39, 0.29) is 12.1 Å². The van der Waals surface area contributed by atoms with Crippen molar-refractivity contribution in [1.82, 2.24) is 20.2 Å². The van der Waals surface area contributed by atoms with Gasteiger partial charge in [-0.25, -0.2) is 4.68 Å². The van der Waals surface area contributed by atoms with Crippen LogP contribution in [0.25, 0.3) is 0 Å². The van der Waals surface area contributed by atoms with Gasteiger partial charge in [-0.2, -0.15) is 11.8 Å². The molecule has 2 aliphatic heterocycles. The summed E-state index contributed by atoms with van der Waals surface area (Å²) in [6, 6.07) is 0. The van der Waals surface area contributed by atoms with Crippen LogP contribution in [-0.2, 0) is 16.1 Å². The molecule has 0 aliphatic carbocycles. The molecule has 2 saturated heterocycles. The highest BCUT2D eigenvalue weighted by atomic mass is 32.2. The summed E-state index contributed by atoms with van der Waals surface area (Å²) in [5, 5.41) is 21.1. The monoisotopic (exact) mass is 330 g/mol. The summed E-state index contributed by atoms with van der Waals surface area (Å²) in [7, 11) is 0. The van der Waals surface area contributed by atoms with Gasteiger partial charge in [0.15, 0.2) is 0 Å². The summed E-state index contributed by atoms with van der Waals surface area (Å²) in [5.41, 5.74) is 0.0201. The zero-order valence-electron chi connectivity index (χ0n) is 11.6. The van der Waals surface area contributed by atoms with Crippen LogP contribution in [0, 0.1) is 0 Å². The molecule has 1 unspecified atom stereocenters. The first-order valence-corrected chi connectivity index (χ1v) is 9.07. The molecule has 2 fully saturated rings. The van der Waals surface area contributed by atoms with Gasteiger partial charge in [0.1, 0.15) is 6.54 Å². The topological polar surface area (TPSA) is 90.1 Å². The minimum Gasteiger partial charge on any atom is -0.480 e. The third-order valence-corrected chi connectivity index (χ3v) is 6.13. The molecule has 0 aromatic carbocycles. The van der Waals surface area contributed by atoms with E-state index in [1.54, 1.807) is 11.8 Å². The Balaban J connectivity index is 1.64. The maximum absolute atomic E-state index is 10.8. The number of aromatic nitrogens is 4. The van der Waals surface area contributed by atoms with Crippen LogP contribution in [-0.4, -0.2) is 60.2 Å². The molecular weight excluding hydrogens is 312 g/mol. The highest BCUT2D eigenvalue weighted by Gasteiger charge is 2.39. The molecule has 1 aromatic rings. The zero-order valence-corrected chi connectivity index (χ0v) is 13.2. The Bertz CT molecular complexity index is 499. The Kier molecular flexibility index (Phi) is 4.70. The summed E-state index contributed by atoms with van der Waals surface area (Å²) < 4.78 is 7.42. The second-order valence-corrected chi connectivity index (χ2v) is 7.88. The smallest absolute Gasteiger partial charge is 0.325 e. The fourth-order valence-corrected chi connectivity index (χ4v) is 5.28. The molecule has 2 aliphatic rings. The lowest BCUT2D eigenvalue weighted by atomic mass is 9.88. The number of rotatable bonds is 4. The molecule has 3 rings (SSSR count). The first-order chi connectivity index (χ1) is 10.2. The number of tetrazole rings is 1. The van der Waals surface area contributed by atoms with E-state index in [0.29, 0.717) is 10.4 Å². The fourth-order valence-electron chi connectivity index (χ4n) is 2.83. The van der Waals surface area contributed by atoms with Crippen molar-refractivity contribution >= 4 is 29.5 Å². The molecule has 1 aromatic heterocycles. The van der Waals surface area contributed by atoms with Gasteiger partial charge in [-0.05, 0) is 47.6 Å². The standard InChI is InChI=1S/C12H18N4O3S2/c17-10(18)8-16-11(13-14-15-16)21-9-1-4-19-12(7-9)2-5-20-6-3-12/h9H,1-8H2,(H,17,18). The largest absolute Gasteiger partial charge is 0.480 e. The number of aliphatic carboxylic acids is 1. The summed E-state index contributed by atoms with van der Waals surface area (Å²) in [5.74, 6) is 1.39. The molecular formula is C12H18N4O3S2. The third-order valence-electron chi connectivity index (χ3n) is 3.91. The molecule has 9 heteroatoms. The molecule has 7 nitrogen and oxygen atoms in total. The molecule has 1 atom stereocenters. The fraction of sp³-hybridized carbons (Fsp3) is 0.833. The van der Waals surface area contributed by atoms with E-state index >= 15 is 0 Å². The van der Waals surface area contributed by atoms with E-state index in [0.717, 1.165) is 43.8 Å². The Labute approximate surface area is 131 Å². The number of thioether (sulfide) groups is 2. The summed E-state index contributed by atoms with van der Waals surface area (Å²) in [4.78, 5) is 10.8. The van der Waals surface area contributed by atoms with E-state index < -0.39 is 5.97 Å². The second kappa shape index (κ2) is 6.53. The van der Waals surface area contributed by atoms with Gasteiger partial charge in [0.25, 0.3) is 0 Å². The van der Waals surface area contributed by atoms with E-state index in [1.165, 1.54) is 4.68 Å². The molecule has 0 radical (unpaired) electrons. The van der Waals surface area contributed by atoms with Crippen molar-refractivity contribution < 1.29 is 14.6 Å². The highest BCUT2D eigenvalue weighted by Crippen LogP contribution is 2.42. The zero-order chi connectivity index (χ0) is 14.7. The maximum Gasteiger partial charge on any atom is 0.325 e. The van der Waals surface area contributed by atoms with Crippen molar-refractivity contribution in [2.75, 3.05) is 18.1 Å². The first kappa shape index (κ1) is 15.1. The van der Waals surface area contributed by atoms with E-state index in [1.807, 2.05) is 11.8 Å². The third kappa shape index (κ3) is 3.70. The van der Waals surface area contributed by atoms with Crippen LogP contribution in [0.1, 0.15) is 25.7 Å². The maximum atomic E-state index is 10.8. The van der Waals surface area contributed by atoms with Gasteiger partial charge < -0.3 is 9.84 Å². The van der Waals surface area contributed by atoms with Crippen molar-refractivity contribution in [1.29, 1.82) is 0 Å². The predicted octanol–water partition coefficient (Wildman–Crippen LogP) is 1.29. The Hall–Kier alpha value is -0.800. The molecule has 1 spiro atoms. The summed E-state index contributed by atoms with van der Waals surface area (Å²) in [6.45, 7) is 0.573. The minimum absolute atomic E-state index is 0.0201. The van der Waals surface area contributed by atoms with Crippen molar-refractivity contribution in [3.8, 4) is 0 Å². The highest BCUT2D eigenvalue weighted by molar-refractivity contribution is 7.99. The summed E-state index contributed by atoms with van der Waals surface area (Å²) in [6.07, 6.45) is 4.17. The van der Waals surface area contributed by atoms with Gasteiger partial charge in [0.05, 0.1) is 5.60 Å². The van der Waals surface area contributed by atoms with E-state index in [2.05, 4.69) is 15.5 Å². The lowest BCUT2D eigenvalue weighted by Gasteiger charge is -2.42. The molecule has 1 N–H and O–H groups in total. The van der Waals surface area contributed by atoms with Crippen LogP contribution >= 0.6 is 23.5 Å². The normalized spacial score (nSPS) is 25.0. The molecule has 0 bridgehead atoms. The van der Waals surface area contributed by atoms with Crippen molar-refractivity contribution in [2.45, 2.75) is 48.2 Å². The van der Waals surface area contributed by atoms with Crippen LogP contribution in [0.15, 0.2) is 5.16 Å². The average molecular weight is 330 g/mol. The Morgan fingerprint density at radius 3 is 3.10 bits per heavy atom. The molecule has 0 amide bonds. The first-order valence-electron chi connectivity index (χ1n) is 7.03. The number of nitrogens with zero attached hydrogens (tertiary/aromatic N) is 4. The quantitative estimate of drug-likeness (QED) is 0.883. The molecule has 3 heterocycles. The number of carboxylic acids is 1. The van der Waals surface area contributed by atoms with Gasteiger partial charge >= 0.3 is 5.97 Å². The van der Waals surface area contributed by atoms with Crippen LogP contribution in [0.3, 0.4) is 0 Å². The van der Waals surface area contributed by atoms with Crippen molar-refractivity contribution in [2.24, 2.45) is 0 Å². The summed E-state index contributed by atoms with van der Waals surface area (Å²) >= 11 is 3.57. The number of ether oxygens (including phenoxy) is 1. The molecule has 0 saturated carbocycles. The number of hydrogen-bond acceptors (Lipinski definition) is 7. The number of carbonyl (C=O) groups is 1. The van der Waals surface area contributed by atoms with Crippen molar-refractivity contribution in [3.63, 3.8) is 0 Å². The van der Waals surface area contributed by atoms with Gasteiger partial charge in [-0.1, -0.05) is 11.8 Å². The minimum atomic E-state index is -0.933. The number of hydrogen-bond donors (Lipinski definition) is 1. The van der Waals surface area contributed by atoms with E-state index in [4.69, 9.17) is 9.84 Å². The Morgan fingerprint density at radius 2 is 2.33 bits per heavy atom. The van der Waals surface area contributed by atoms with Gasteiger partial charge in [0.2, 0.25) is 5.16 Å². The van der Waals surface area contributed by atoms with Crippen LogP contribution in [0.2, 0.25) is 0 Å². The lowest BCUT2D eigenvalue weighted by Crippen LogP contribution is -2.43. The van der Waals surface area contributed by atoms with Gasteiger partial charge in [-0.3, -0.25) is 4.79 Å². The Morgan fingerprint density at radius 1 is 1.52 bits per heavy atom. The van der Waals surface area contributed by atoms with Crippen molar-refractivity contribution in [3.05, 3.63) is 0 Å². The SMILES string of the molecule is O=C(O)Cn1nnnc1SC1CCOC2(CCSCC2)C1. The van der Waals surface area contributed by atoms with Crippen LogP contribution < -0.4 is 0 Å². The van der Waals surface area contributed by atoms with E-state index in [9.17, 15) is 4.79 Å². The predicted molar refractivity (Wildman–Crippen MR) is 79.6 cm³/mol. The number of carboxylic acid groups (broad SMARTS) is 1. The van der Waals surface area contributed by atoms with Crippen LogP contribution in [0.5, 0.6) is 0 Å². The molecule has 116 valence electrons. The van der Waals surface area contributed by atoms with Gasteiger partial charge in [-0.15, -0.1) is 5.10 Å². The van der Waals surface area contributed by atoms with Gasteiger partial charge in [0, 0.05) is 11.9 Å². The lowest BCUT2D eigenvalue weighted by molar-refractivity contribution is -0.138.